The number of carbonyl (C=O) groups is 2. The van der Waals surface area contributed by atoms with Crippen LogP contribution in [0.4, 0.5) is 5.69 Å². The molecule has 8 nitrogen and oxygen atoms in total. The molecule has 0 radical (unpaired) electrons. The van der Waals surface area contributed by atoms with Crippen LogP contribution < -0.4 is 10.6 Å². The average molecular weight is 378 g/mol. The van der Waals surface area contributed by atoms with Crippen LogP contribution in [0.1, 0.15) is 16.2 Å². The van der Waals surface area contributed by atoms with Crippen molar-refractivity contribution in [2.24, 2.45) is 0 Å². The summed E-state index contributed by atoms with van der Waals surface area (Å²) in [5, 5.41) is 12.8. The third-order valence-corrected chi connectivity index (χ3v) is 3.52. The maximum Gasteiger partial charge on any atom is 0.287 e. The number of hydrogen-bond donors (Lipinski definition) is 3. The van der Waals surface area contributed by atoms with Crippen LogP contribution in [-0.4, -0.2) is 33.5 Å². The zero-order valence-electron chi connectivity index (χ0n) is 12.0. The molecule has 0 saturated carbocycles. The summed E-state index contributed by atoms with van der Waals surface area (Å²) in [6.07, 6.45) is 1.51. The fraction of sp³-hybridized carbons (Fsp3) is 0.143. The lowest BCUT2D eigenvalue weighted by Crippen LogP contribution is -2.32. The highest BCUT2D eigenvalue weighted by Gasteiger charge is 2.12. The Morgan fingerprint density at radius 2 is 2.22 bits per heavy atom. The maximum atomic E-state index is 11.9. The molecular formula is C14H12BrN5O3. The number of halogens is 1. The van der Waals surface area contributed by atoms with E-state index in [4.69, 9.17) is 4.42 Å². The minimum atomic E-state index is -0.467. The number of pyridine rings is 1. The number of aryl methyl sites for hydroxylation is 1. The van der Waals surface area contributed by atoms with Crippen LogP contribution >= 0.6 is 15.9 Å². The maximum absolute atomic E-state index is 11.9. The van der Waals surface area contributed by atoms with Gasteiger partial charge in [0.25, 0.3) is 5.91 Å². The molecule has 0 aliphatic rings. The van der Waals surface area contributed by atoms with E-state index < -0.39 is 5.91 Å². The number of rotatable bonds is 4. The van der Waals surface area contributed by atoms with E-state index in [0.29, 0.717) is 16.0 Å². The van der Waals surface area contributed by atoms with Gasteiger partial charge in [0, 0.05) is 11.1 Å². The zero-order chi connectivity index (χ0) is 16.4. The molecule has 3 rings (SSSR count). The molecular weight excluding hydrogens is 366 g/mol. The number of furan rings is 1. The SMILES string of the molecule is Cc1[nH]nc2ncc(NC(=O)CNC(=O)c3ccc(Br)o3)cc12. The first kappa shape index (κ1) is 15.2. The van der Waals surface area contributed by atoms with Gasteiger partial charge in [-0.25, -0.2) is 4.98 Å². The monoisotopic (exact) mass is 377 g/mol. The third kappa shape index (κ3) is 3.39. The Balaban J connectivity index is 1.60. The Kier molecular flexibility index (Phi) is 4.11. The van der Waals surface area contributed by atoms with E-state index in [1.807, 2.05) is 6.92 Å². The average Bonchev–Trinajstić information content (AvgIpc) is 3.12. The van der Waals surface area contributed by atoms with Crippen LogP contribution in [0.15, 0.2) is 33.5 Å². The number of carbonyl (C=O) groups excluding carboxylic acids is 2. The van der Waals surface area contributed by atoms with E-state index in [1.54, 1.807) is 12.1 Å². The van der Waals surface area contributed by atoms with Gasteiger partial charge in [-0.1, -0.05) is 0 Å². The van der Waals surface area contributed by atoms with E-state index in [9.17, 15) is 9.59 Å². The fourth-order valence-electron chi connectivity index (χ4n) is 1.98. The fourth-order valence-corrected chi connectivity index (χ4v) is 2.28. The summed E-state index contributed by atoms with van der Waals surface area (Å²) in [7, 11) is 0. The molecule has 0 aliphatic heterocycles. The van der Waals surface area contributed by atoms with Crippen molar-refractivity contribution in [2.45, 2.75) is 6.92 Å². The Hall–Kier alpha value is -2.68. The summed E-state index contributed by atoms with van der Waals surface area (Å²) < 4.78 is 5.55. The predicted molar refractivity (Wildman–Crippen MR) is 86.0 cm³/mol. The largest absolute Gasteiger partial charge is 0.444 e. The van der Waals surface area contributed by atoms with E-state index in [-0.39, 0.29) is 18.2 Å². The normalized spacial score (nSPS) is 10.7. The number of hydrogen-bond acceptors (Lipinski definition) is 5. The molecule has 2 amide bonds. The summed E-state index contributed by atoms with van der Waals surface area (Å²) in [6, 6.07) is 4.88. The van der Waals surface area contributed by atoms with E-state index >= 15 is 0 Å². The Morgan fingerprint density at radius 1 is 1.39 bits per heavy atom. The molecule has 0 bridgehead atoms. The van der Waals surface area contributed by atoms with E-state index in [2.05, 4.69) is 41.7 Å². The predicted octanol–water partition coefficient (Wildman–Crippen LogP) is 1.99. The second kappa shape index (κ2) is 6.21. The molecule has 23 heavy (non-hydrogen) atoms. The van der Waals surface area contributed by atoms with Crippen molar-refractivity contribution in [3.8, 4) is 0 Å². The first-order chi connectivity index (χ1) is 11.0. The molecule has 118 valence electrons. The Morgan fingerprint density at radius 3 is 2.96 bits per heavy atom. The van der Waals surface area contributed by atoms with Crippen molar-refractivity contribution in [3.05, 3.63) is 40.5 Å². The topological polar surface area (TPSA) is 113 Å². The minimum absolute atomic E-state index is 0.127. The van der Waals surface area contributed by atoms with Crippen LogP contribution in [0.3, 0.4) is 0 Å². The van der Waals surface area contributed by atoms with Gasteiger partial charge >= 0.3 is 0 Å². The van der Waals surface area contributed by atoms with Crippen molar-refractivity contribution in [1.29, 1.82) is 0 Å². The molecule has 3 aromatic heterocycles. The van der Waals surface area contributed by atoms with Gasteiger partial charge in [0.15, 0.2) is 16.1 Å². The lowest BCUT2D eigenvalue weighted by Gasteiger charge is -2.06. The van der Waals surface area contributed by atoms with E-state index in [0.717, 1.165) is 11.1 Å². The van der Waals surface area contributed by atoms with Gasteiger partial charge in [0.2, 0.25) is 5.91 Å². The van der Waals surface area contributed by atoms with Crippen molar-refractivity contribution in [1.82, 2.24) is 20.5 Å². The van der Waals surface area contributed by atoms with Crippen LogP contribution in [0.2, 0.25) is 0 Å². The van der Waals surface area contributed by atoms with Crippen molar-refractivity contribution in [2.75, 3.05) is 11.9 Å². The third-order valence-electron chi connectivity index (χ3n) is 3.09. The summed E-state index contributed by atoms with van der Waals surface area (Å²) in [5.74, 6) is -0.710. The number of aromatic nitrogens is 3. The van der Waals surface area contributed by atoms with Crippen LogP contribution in [0.25, 0.3) is 11.0 Å². The summed E-state index contributed by atoms with van der Waals surface area (Å²) in [6.45, 7) is 1.68. The van der Waals surface area contributed by atoms with Gasteiger partial charge in [0.05, 0.1) is 18.4 Å². The highest BCUT2D eigenvalue weighted by atomic mass is 79.9. The standard InChI is InChI=1S/C14H12BrN5O3/c1-7-9-4-8(5-16-13(9)20-19-7)18-12(21)6-17-14(22)10-2-3-11(15)23-10/h2-5H,6H2,1H3,(H,17,22)(H,18,21)(H,16,19,20). The summed E-state index contributed by atoms with van der Waals surface area (Å²) >= 11 is 3.11. The molecule has 3 aromatic rings. The van der Waals surface area contributed by atoms with Gasteiger partial charge in [-0.05, 0) is 41.1 Å². The van der Waals surface area contributed by atoms with Gasteiger partial charge in [0.1, 0.15) is 0 Å². The minimum Gasteiger partial charge on any atom is -0.444 e. The lowest BCUT2D eigenvalue weighted by molar-refractivity contribution is -0.115. The summed E-state index contributed by atoms with van der Waals surface area (Å²) in [5.41, 5.74) is 1.97. The molecule has 0 aliphatic carbocycles. The number of fused-ring (bicyclic) bond motifs is 1. The number of nitrogens with one attached hydrogen (secondary N) is 3. The number of nitrogens with zero attached hydrogens (tertiary/aromatic N) is 2. The molecule has 0 spiro atoms. The first-order valence-corrected chi connectivity index (χ1v) is 7.46. The molecule has 9 heteroatoms. The molecule has 0 atom stereocenters. The smallest absolute Gasteiger partial charge is 0.287 e. The van der Waals surface area contributed by atoms with Gasteiger partial charge in [-0.3, -0.25) is 14.7 Å². The number of aromatic amines is 1. The Labute approximate surface area is 138 Å². The van der Waals surface area contributed by atoms with Crippen LogP contribution in [0.5, 0.6) is 0 Å². The van der Waals surface area contributed by atoms with Crippen LogP contribution in [0, 0.1) is 6.92 Å². The molecule has 0 unspecified atom stereocenters. The molecule has 0 aromatic carbocycles. The van der Waals surface area contributed by atoms with Crippen molar-refractivity contribution < 1.29 is 14.0 Å². The van der Waals surface area contributed by atoms with Crippen molar-refractivity contribution >= 4 is 44.5 Å². The Bertz CT molecular complexity index is 886. The lowest BCUT2D eigenvalue weighted by atomic mass is 10.2. The number of amides is 2. The highest BCUT2D eigenvalue weighted by Crippen LogP contribution is 2.17. The zero-order valence-corrected chi connectivity index (χ0v) is 13.6. The van der Waals surface area contributed by atoms with Gasteiger partial charge < -0.3 is 15.1 Å². The highest BCUT2D eigenvalue weighted by molar-refractivity contribution is 9.10. The second-order valence-corrected chi connectivity index (χ2v) is 5.56. The second-order valence-electron chi connectivity index (χ2n) is 4.78. The molecule has 3 heterocycles. The van der Waals surface area contributed by atoms with Gasteiger partial charge in [-0.2, -0.15) is 5.10 Å². The molecule has 3 N–H and O–H groups in total. The van der Waals surface area contributed by atoms with Crippen LogP contribution in [-0.2, 0) is 4.79 Å². The summed E-state index contributed by atoms with van der Waals surface area (Å²) in [4.78, 5) is 27.8. The number of H-pyrrole nitrogens is 1. The van der Waals surface area contributed by atoms with Gasteiger partial charge in [-0.15, -0.1) is 0 Å². The molecule has 0 fully saturated rings. The number of anilines is 1. The molecule has 0 saturated heterocycles. The quantitative estimate of drug-likeness (QED) is 0.643. The van der Waals surface area contributed by atoms with E-state index in [1.165, 1.54) is 12.3 Å². The first-order valence-electron chi connectivity index (χ1n) is 6.67. The van der Waals surface area contributed by atoms with Crippen molar-refractivity contribution in [3.63, 3.8) is 0 Å².